The number of benzene rings is 2. The Labute approximate surface area is 168 Å². The lowest BCUT2D eigenvalue weighted by Crippen LogP contribution is -2.10. The number of halogens is 5. The number of hydrogen-bond acceptors (Lipinski definition) is 4. The highest BCUT2D eigenvalue weighted by Crippen LogP contribution is 2.30. The standard InChI is InChI=1S/C19H11Cl2F3N4/c20-13-2-1-3-14(21)18(13)16(28-17(10-26)15(27)9-25)8-11-4-6-12(7-5-11)19(22,23)24/h1-7H,8,27H2. The van der Waals surface area contributed by atoms with Crippen molar-refractivity contribution >= 4 is 28.9 Å². The molecule has 0 atom stereocenters. The average Bonchev–Trinajstić information content (AvgIpc) is 2.64. The Kier molecular flexibility index (Phi) is 6.69. The Morgan fingerprint density at radius 1 is 1.00 bits per heavy atom. The number of hydrogen-bond donors (Lipinski definition) is 1. The predicted molar refractivity (Wildman–Crippen MR) is 101 cm³/mol. The molecule has 0 bridgehead atoms. The first-order valence-corrected chi connectivity index (χ1v) is 8.41. The third-order valence-corrected chi connectivity index (χ3v) is 4.26. The SMILES string of the molecule is N#CC(N)=C(C#N)N=C(Cc1ccc(C(F)(F)F)cc1)c1c(Cl)cccc1Cl. The molecule has 4 nitrogen and oxygen atoms in total. The fourth-order valence-electron chi connectivity index (χ4n) is 2.30. The summed E-state index contributed by atoms with van der Waals surface area (Å²) in [4.78, 5) is 4.12. The Hall–Kier alpha value is -3.00. The van der Waals surface area contributed by atoms with Gasteiger partial charge in [0.1, 0.15) is 17.8 Å². The van der Waals surface area contributed by atoms with Crippen molar-refractivity contribution in [2.45, 2.75) is 12.6 Å². The Morgan fingerprint density at radius 2 is 1.57 bits per heavy atom. The molecule has 28 heavy (non-hydrogen) atoms. The molecule has 0 unspecified atom stereocenters. The van der Waals surface area contributed by atoms with Gasteiger partial charge in [0.15, 0.2) is 5.70 Å². The van der Waals surface area contributed by atoms with Crippen molar-refractivity contribution in [1.29, 1.82) is 10.5 Å². The highest BCUT2D eigenvalue weighted by atomic mass is 35.5. The summed E-state index contributed by atoms with van der Waals surface area (Å²) < 4.78 is 38.3. The molecule has 9 heteroatoms. The number of nitriles is 2. The molecule has 0 heterocycles. The number of alkyl halides is 3. The fourth-order valence-corrected chi connectivity index (χ4v) is 2.91. The van der Waals surface area contributed by atoms with Crippen LogP contribution in [0.5, 0.6) is 0 Å². The van der Waals surface area contributed by atoms with Crippen LogP contribution in [0.1, 0.15) is 16.7 Å². The van der Waals surface area contributed by atoms with E-state index in [2.05, 4.69) is 4.99 Å². The van der Waals surface area contributed by atoms with Crippen LogP contribution in [0.15, 0.2) is 58.9 Å². The summed E-state index contributed by atoms with van der Waals surface area (Å²) in [7, 11) is 0. The maximum atomic E-state index is 12.8. The first-order valence-electron chi connectivity index (χ1n) is 7.65. The second-order valence-corrected chi connectivity index (χ2v) is 6.33. The van der Waals surface area contributed by atoms with Crippen molar-refractivity contribution in [1.82, 2.24) is 0 Å². The highest BCUT2D eigenvalue weighted by Gasteiger charge is 2.30. The number of nitrogens with zero attached hydrogens (tertiary/aromatic N) is 3. The van der Waals surface area contributed by atoms with E-state index in [9.17, 15) is 18.4 Å². The molecule has 0 radical (unpaired) electrons. The lowest BCUT2D eigenvalue weighted by atomic mass is 10.0. The molecule has 0 fully saturated rings. The minimum Gasteiger partial charge on any atom is -0.388 e. The third kappa shape index (κ3) is 5.04. The molecule has 0 saturated heterocycles. The molecule has 0 spiro atoms. The Morgan fingerprint density at radius 3 is 2.04 bits per heavy atom. The first kappa shape index (κ1) is 21.3. The van der Waals surface area contributed by atoms with Gasteiger partial charge < -0.3 is 5.73 Å². The molecule has 0 aliphatic rings. The van der Waals surface area contributed by atoms with Gasteiger partial charge in [-0.15, -0.1) is 0 Å². The van der Waals surface area contributed by atoms with E-state index in [0.29, 0.717) is 11.1 Å². The van der Waals surface area contributed by atoms with Crippen molar-refractivity contribution in [3.63, 3.8) is 0 Å². The maximum absolute atomic E-state index is 12.8. The van der Waals surface area contributed by atoms with Gasteiger partial charge in [-0.25, -0.2) is 4.99 Å². The van der Waals surface area contributed by atoms with E-state index in [4.69, 9.17) is 34.2 Å². The second-order valence-electron chi connectivity index (χ2n) is 5.51. The third-order valence-electron chi connectivity index (χ3n) is 3.63. The zero-order chi connectivity index (χ0) is 20.9. The topological polar surface area (TPSA) is 86.0 Å². The summed E-state index contributed by atoms with van der Waals surface area (Å²) in [5.41, 5.74) is 4.89. The number of nitrogens with two attached hydrogens (primary N) is 1. The van der Waals surface area contributed by atoms with Crippen LogP contribution in [0.25, 0.3) is 0 Å². The van der Waals surface area contributed by atoms with Crippen molar-refractivity contribution in [2.75, 3.05) is 0 Å². The fraction of sp³-hybridized carbons (Fsp3) is 0.105. The zero-order valence-electron chi connectivity index (χ0n) is 14.1. The lowest BCUT2D eigenvalue weighted by Gasteiger charge is -2.12. The Bertz CT molecular complexity index is 1010. The number of allylic oxidation sites excluding steroid dienone is 2. The molecule has 2 N–H and O–H groups in total. The maximum Gasteiger partial charge on any atom is 0.416 e. The largest absolute Gasteiger partial charge is 0.416 e. The summed E-state index contributed by atoms with van der Waals surface area (Å²) in [6.07, 6.45) is -4.45. The molecule has 142 valence electrons. The zero-order valence-corrected chi connectivity index (χ0v) is 15.6. The van der Waals surface area contributed by atoms with E-state index in [1.807, 2.05) is 0 Å². The molecule has 0 aliphatic carbocycles. The van der Waals surface area contributed by atoms with Crippen molar-refractivity contribution < 1.29 is 13.2 Å². The van der Waals surface area contributed by atoms with Crippen LogP contribution in [0.4, 0.5) is 13.2 Å². The molecule has 2 rings (SSSR count). The van der Waals surface area contributed by atoms with E-state index in [-0.39, 0.29) is 27.9 Å². The lowest BCUT2D eigenvalue weighted by molar-refractivity contribution is -0.137. The van der Waals surface area contributed by atoms with Gasteiger partial charge in [-0.2, -0.15) is 23.7 Å². The summed E-state index contributed by atoms with van der Waals surface area (Å²) in [6, 6.07) is 12.5. The van der Waals surface area contributed by atoms with Gasteiger partial charge in [-0.1, -0.05) is 41.4 Å². The van der Waals surface area contributed by atoms with Crippen LogP contribution in [0.3, 0.4) is 0 Å². The van der Waals surface area contributed by atoms with E-state index in [0.717, 1.165) is 12.1 Å². The minimum absolute atomic E-state index is 0.00544. The summed E-state index contributed by atoms with van der Waals surface area (Å²) in [5, 5.41) is 18.6. The average molecular weight is 423 g/mol. The summed E-state index contributed by atoms with van der Waals surface area (Å²) >= 11 is 12.4. The Balaban J connectivity index is 2.58. The van der Waals surface area contributed by atoms with Crippen LogP contribution in [0, 0.1) is 22.7 Å². The number of rotatable bonds is 4. The smallest absolute Gasteiger partial charge is 0.388 e. The van der Waals surface area contributed by atoms with Crippen molar-refractivity contribution in [2.24, 2.45) is 10.7 Å². The van der Waals surface area contributed by atoms with Gasteiger partial charge in [-0.05, 0) is 29.8 Å². The van der Waals surface area contributed by atoms with Crippen LogP contribution in [0.2, 0.25) is 10.0 Å². The van der Waals surface area contributed by atoms with Crippen LogP contribution < -0.4 is 5.73 Å². The monoisotopic (exact) mass is 422 g/mol. The molecule has 0 amide bonds. The molecular formula is C19H11Cl2F3N4. The van der Waals surface area contributed by atoms with E-state index >= 15 is 0 Å². The normalized spacial score (nSPS) is 12.8. The molecule has 2 aromatic rings. The second kappa shape index (κ2) is 8.79. The minimum atomic E-state index is -4.46. The molecule has 2 aromatic carbocycles. The van der Waals surface area contributed by atoms with Gasteiger partial charge >= 0.3 is 6.18 Å². The first-order chi connectivity index (χ1) is 13.2. The highest BCUT2D eigenvalue weighted by molar-refractivity contribution is 6.40. The van der Waals surface area contributed by atoms with Crippen molar-refractivity contribution in [3.8, 4) is 12.1 Å². The predicted octanol–water partition coefficient (Wildman–Crippen LogP) is 5.26. The van der Waals surface area contributed by atoms with Gasteiger partial charge in [0.25, 0.3) is 0 Å². The summed E-state index contributed by atoms with van der Waals surface area (Å²) in [5.74, 6) is 0. The molecule has 0 aliphatic heterocycles. The van der Waals surface area contributed by atoms with Crippen LogP contribution in [-0.4, -0.2) is 5.71 Å². The van der Waals surface area contributed by atoms with Gasteiger partial charge in [-0.3, -0.25) is 0 Å². The molecular weight excluding hydrogens is 412 g/mol. The van der Waals surface area contributed by atoms with Crippen LogP contribution in [-0.2, 0) is 12.6 Å². The van der Waals surface area contributed by atoms with E-state index in [1.165, 1.54) is 12.1 Å². The van der Waals surface area contributed by atoms with Gasteiger partial charge in [0, 0.05) is 12.0 Å². The van der Waals surface area contributed by atoms with Gasteiger partial charge in [0.05, 0.1) is 21.3 Å². The van der Waals surface area contributed by atoms with Crippen molar-refractivity contribution in [3.05, 3.63) is 80.6 Å². The van der Waals surface area contributed by atoms with E-state index in [1.54, 1.807) is 30.3 Å². The van der Waals surface area contributed by atoms with E-state index < -0.39 is 17.4 Å². The molecule has 0 saturated carbocycles. The quantitative estimate of drug-likeness (QED) is 0.538. The van der Waals surface area contributed by atoms with Crippen LogP contribution >= 0.6 is 23.2 Å². The molecule has 0 aromatic heterocycles. The van der Waals surface area contributed by atoms with Gasteiger partial charge in [0.2, 0.25) is 0 Å². The summed E-state index contributed by atoms with van der Waals surface area (Å²) in [6.45, 7) is 0. The number of aliphatic imine (C=N–C) groups is 1.